The van der Waals surface area contributed by atoms with Crippen molar-refractivity contribution in [3.8, 4) is 6.07 Å². The molecule has 1 heterocycles. The van der Waals surface area contributed by atoms with E-state index in [1.54, 1.807) is 6.92 Å². The van der Waals surface area contributed by atoms with Crippen molar-refractivity contribution >= 4 is 11.9 Å². The average Bonchev–Trinajstić information content (AvgIpc) is 2.59. The Morgan fingerprint density at radius 2 is 2.25 bits per heavy atom. The molecule has 1 N–H and O–H groups in total. The third kappa shape index (κ3) is 1.87. The van der Waals surface area contributed by atoms with E-state index in [9.17, 15) is 9.59 Å². The Kier molecular flexibility index (Phi) is 3.22. The minimum atomic E-state index is -0.972. The summed E-state index contributed by atoms with van der Waals surface area (Å²) in [7, 11) is 0. The smallest absolute Gasteiger partial charge is 0.308 e. The van der Waals surface area contributed by atoms with Gasteiger partial charge in [-0.1, -0.05) is 13.8 Å². The maximum absolute atomic E-state index is 11.7. The highest BCUT2D eigenvalue weighted by Crippen LogP contribution is 2.31. The predicted molar refractivity (Wildman–Crippen MR) is 56.3 cm³/mol. The van der Waals surface area contributed by atoms with Crippen LogP contribution in [0.5, 0.6) is 0 Å². The van der Waals surface area contributed by atoms with Gasteiger partial charge in [-0.25, -0.2) is 0 Å². The Morgan fingerprint density at radius 3 is 2.56 bits per heavy atom. The van der Waals surface area contributed by atoms with Gasteiger partial charge in [0.15, 0.2) is 0 Å². The van der Waals surface area contributed by atoms with Gasteiger partial charge in [-0.2, -0.15) is 5.26 Å². The van der Waals surface area contributed by atoms with Crippen LogP contribution >= 0.6 is 0 Å². The predicted octanol–water partition coefficient (Wildman–Crippen LogP) is 0.858. The summed E-state index contributed by atoms with van der Waals surface area (Å²) in [5.41, 5.74) is -0.915. The lowest BCUT2D eigenvalue weighted by Gasteiger charge is -2.36. The number of carboxylic acid groups (broad SMARTS) is 1. The lowest BCUT2D eigenvalue weighted by Crippen LogP contribution is -2.50. The Hall–Kier alpha value is -1.57. The number of likely N-dealkylation sites (tertiary alicyclic amines) is 1. The molecule has 2 unspecified atom stereocenters. The average molecular weight is 224 g/mol. The summed E-state index contributed by atoms with van der Waals surface area (Å²) in [5.74, 6) is -1.93. The molecule has 0 spiro atoms. The van der Waals surface area contributed by atoms with E-state index in [0.29, 0.717) is 0 Å². The molecular weight excluding hydrogens is 208 g/mol. The van der Waals surface area contributed by atoms with Crippen LogP contribution in [0, 0.1) is 23.2 Å². The fraction of sp³-hybridized carbons (Fsp3) is 0.727. The zero-order valence-electron chi connectivity index (χ0n) is 9.73. The van der Waals surface area contributed by atoms with Gasteiger partial charge in [-0.3, -0.25) is 9.59 Å². The second-order valence-corrected chi connectivity index (χ2v) is 4.66. The van der Waals surface area contributed by atoms with E-state index in [4.69, 9.17) is 10.4 Å². The topological polar surface area (TPSA) is 81.4 Å². The molecule has 1 fully saturated rings. The normalized spacial score (nSPS) is 24.3. The molecule has 0 aliphatic carbocycles. The van der Waals surface area contributed by atoms with Crippen molar-refractivity contribution in [1.82, 2.24) is 4.90 Å². The van der Waals surface area contributed by atoms with Gasteiger partial charge in [0.1, 0.15) is 5.54 Å². The number of rotatable bonds is 3. The number of carboxylic acids is 1. The van der Waals surface area contributed by atoms with Crippen LogP contribution < -0.4 is 0 Å². The van der Waals surface area contributed by atoms with Gasteiger partial charge in [0.05, 0.1) is 12.0 Å². The van der Waals surface area contributed by atoms with E-state index >= 15 is 0 Å². The number of carbonyl (C=O) groups is 2. The van der Waals surface area contributed by atoms with Gasteiger partial charge < -0.3 is 10.0 Å². The summed E-state index contributed by atoms with van der Waals surface area (Å²) in [6.07, 6.45) is -0.000671. The van der Waals surface area contributed by atoms with Crippen LogP contribution in [0.4, 0.5) is 0 Å². The SMILES string of the molecule is CC(C)C(C)(C#N)N1CC(C(=O)O)CC1=O. The number of nitrogens with zero attached hydrogens (tertiary/aromatic N) is 2. The minimum absolute atomic E-state index is 0.000671. The third-order valence-corrected chi connectivity index (χ3v) is 3.39. The van der Waals surface area contributed by atoms with Crippen molar-refractivity contribution in [2.45, 2.75) is 32.7 Å². The molecule has 5 heteroatoms. The number of amides is 1. The van der Waals surface area contributed by atoms with E-state index in [1.165, 1.54) is 4.90 Å². The van der Waals surface area contributed by atoms with E-state index in [0.717, 1.165) is 0 Å². The summed E-state index contributed by atoms with van der Waals surface area (Å²) in [6.45, 7) is 5.52. The molecule has 1 aliphatic rings. The van der Waals surface area contributed by atoms with E-state index < -0.39 is 17.4 Å². The first-order valence-electron chi connectivity index (χ1n) is 5.27. The second-order valence-electron chi connectivity index (χ2n) is 4.66. The number of aliphatic carboxylic acids is 1. The highest BCUT2D eigenvalue weighted by atomic mass is 16.4. The van der Waals surface area contributed by atoms with Crippen molar-refractivity contribution in [2.75, 3.05) is 6.54 Å². The van der Waals surface area contributed by atoms with E-state index in [-0.39, 0.29) is 24.8 Å². The minimum Gasteiger partial charge on any atom is -0.481 e. The van der Waals surface area contributed by atoms with Gasteiger partial charge >= 0.3 is 5.97 Å². The maximum Gasteiger partial charge on any atom is 0.308 e. The first-order valence-corrected chi connectivity index (χ1v) is 5.27. The lowest BCUT2D eigenvalue weighted by molar-refractivity contribution is -0.141. The summed E-state index contributed by atoms with van der Waals surface area (Å²) < 4.78 is 0. The van der Waals surface area contributed by atoms with Crippen LogP contribution in [0.15, 0.2) is 0 Å². The number of carbonyl (C=O) groups excluding carboxylic acids is 1. The quantitative estimate of drug-likeness (QED) is 0.770. The zero-order chi connectivity index (χ0) is 12.5. The molecule has 5 nitrogen and oxygen atoms in total. The zero-order valence-corrected chi connectivity index (χ0v) is 9.73. The largest absolute Gasteiger partial charge is 0.481 e. The molecule has 0 saturated carbocycles. The van der Waals surface area contributed by atoms with Gasteiger partial charge in [0.25, 0.3) is 0 Å². The summed E-state index contributed by atoms with van der Waals surface area (Å²) >= 11 is 0. The summed E-state index contributed by atoms with van der Waals surface area (Å²) in [4.78, 5) is 23.9. The second kappa shape index (κ2) is 4.12. The molecule has 0 aromatic rings. The molecule has 2 atom stereocenters. The first kappa shape index (κ1) is 12.5. The highest BCUT2D eigenvalue weighted by Gasteiger charge is 2.45. The van der Waals surface area contributed by atoms with Crippen LogP contribution in [0.25, 0.3) is 0 Å². The van der Waals surface area contributed by atoms with Crippen molar-refractivity contribution in [3.63, 3.8) is 0 Å². The third-order valence-electron chi connectivity index (χ3n) is 3.39. The van der Waals surface area contributed by atoms with Crippen LogP contribution in [-0.4, -0.2) is 34.0 Å². The molecule has 0 aromatic heterocycles. The maximum atomic E-state index is 11.7. The van der Waals surface area contributed by atoms with Crippen molar-refractivity contribution in [1.29, 1.82) is 5.26 Å². The number of nitriles is 1. The van der Waals surface area contributed by atoms with E-state index in [1.807, 2.05) is 13.8 Å². The Labute approximate surface area is 94.7 Å². The van der Waals surface area contributed by atoms with Crippen molar-refractivity contribution in [2.24, 2.45) is 11.8 Å². The Morgan fingerprint density at radius 1 is 1.69 bits per heavy atom. The molecule has 0 radical (unpaired) electrons. The standard InChI is InChI=1S/C11H16N2O3/c1-7(2)11(3,6-12)13-5-8(10(15)16)4-9(13)14/h7-8H,4-5H2,1-3H3,(H,15,16). The first-order chi connectivity index (χ1) is 7.32. The monoisotopic (exact) mass is 224 g/mol. The molecule has 0 bridgehead atoms. The molecule has 1 aliphatic heterocycles. The number of hydrogen-bond donors (Lipinski definition) is 1. The molecule has 1 amide bonds. The summed E-state index contributed by atoms with van der Waals surface area (Å²) in [5, 5.41) is 18.0. The highest BCUT2D eigenvalue weighted by molar-refractivity contribution is 5.86. The Bertz CT molecular complexity index is 359. The lowest BCUT2D eigenvalue weighted by atomic mass is 9.88. The van der Waals surface area contributed by atoms with Crippen LogP contribution in [0.2, 0.25) is 0 Å². The van der Waals surface area contributed by atoms with Crippen LogP contribution in [0.1, 0.15) is 27.2 Å². The molecule has 16 heavy (non-hydrogen) atoms. The molecule has 1 saturated heterocycles. The summed E-state index contributed by atoms with van der Waals surface area (Å²) in [6, 6.07) is 2.12. The fourth-order valence-electron chi connectivity index (χ4n) is 1.82. The molecule has 88 valence electrons. The molecule has 0 aromatic carbocycles. The van der Waals surface area contributed by atoms with Crippen molar-refractivity contribution < 1.29 is 14.7 Å². The van der Waals surface area contributed by atoms with Crippen LogP contribution in [-0.2, 0) is 9.59 Å². The van der Waals surface area contributed by atoms with Gasteiger partial charge in [0.2, 0.25) is 5.91 Å². The van der Waals surface area contributed by atoms with Crippen LogP contribution in [0.3, 0.4) is 0 Å². The van der Waals surface area contributed by atoms with Crippen molar-refractivity contribution in [3.05, 3.63) is 0 Å². The van der Waals surface area contributed by atoms with E-state index in [2.05, 4.69) is 6.07 Å². The fourth-order valence-corrected chi connectivity index (χ4v) is 1.82. The molecular formula is C11H16N2O3. The Balaban J connectivity index is 2.95. The van der Waals surface area contributed by atoms with Gasteiger partial charge in [-0.05, 0) is 12.8 Å². The van der Waals surface area contributed by atoms with Gasteiger partial charge in [0, 0.05) is 13.0 Å². The number of hydrogen-bond acceptors (Lipinski definition) is 3. The van der Waals surface area contributed by atoms with Gasteiger partial charge in [-0.15, -0.1) is 0 Å². The molecule has 1 rings (SSSR count).